The Hall–Kier alpha value is -2.20. The van der Waals surface area contributed by atoms with Crippen molar-refractivity contribution in [3.05, 3.63) is 83.9 Å². The number of sulfonamides is 1. The molecule has 0 spiro atoms. The van der Waals surface area contributed by atoms with E-state index in [1.807, 2.05) is 24.3 Å². The van der Waals surface area contributed by atoms with Crippen molar-refractivity contribution in [3.8, 4) is 11.1 Å². The SMILES string of the molecule is COCOCSc1cc(-c2ccccc2)ccc1CC(OC)c1ccccc1S(N)(=O)=O. The Morgan fingerprint density at radius 3 is 2.34 bits per heavy atom. The topological polar surface area (TPSA) is 87.8 Å². The van der Waals surface area contributed by atoms with Gasteiger partial charge in [-0.1, -0.05) is 72.4 Å². The van der Waals surface area contributed by atoms with Crippen molar-refractivity contribution in [1.82, 2.24) is 0 Å². The van der Waals surface area contributed by atoms with Gasteiger partial charge in [-0.25, -0.2) is 13.6 Å². The predicted molar refractivity (Wildman–Crippen MR) is 127 cm³/mol. The van der Waals surface area contributed by atoms with E-state index in [4.69, 9.17) is 19.3 Å². The lowest BCUT2D eigenvalue weighted by atomic mass is 9.98. The molecule has 0 bridgehead atoms. The first-order valence-corrected chi connectivity index (χ1v) is 12.5. The van der Waals surface area contributed by atoms with E-state index in [1.165, 1.54) is 6.07 Å². The van der Waals surface area contributed by atoms with Crippen LogP contribution in [0.4, 0.5) is 0 Å². The Balaban J connectivity index is 1.95. The molecule has 170 valence electrons. The number of ether oxygens (including phenoxy) is 3. The van der Waals surface area contributed by atoms with Crippen molar-refractivity contribution in [3.63, 3.8) is 0 Å². The van der Waals surface area contributed by atoms with Gasteiger partial charge in [0.05, 0.1) is 16.9 Å². The maximum atomic E-state index is 12.1. The molecule has 6 nitrogen and oxygen atoms in total. The molecule has 0 saturated heterocycles. The number of hydrogen-bond donors (Lipinski definition) is 1. The number of methoxy groups -OCH3 is 2. The van der Waals surface area contributed by atoms with E-state index in [0.29, 0.717) is 17.9 Å². The molecule has 3 aromatic carbocycles. The van der Waals surface area contributed by atoms with Gasteiger partial charge in [-0.2, -0.15) is 0 Å². The van der Waals surface area contributed by atoms with Gasteiger partial charge in [0.15, 0.2) is 0 Å². The molecule has 0 aromatic heterocycles. The van der Waals surface area contributed by atoms with Crippen LogP contribution < -0.4 is 5.14 Å². The van der Waals surface area contributed by atoms with E-state index in [2.05, 4.69) is 24.3 Å². The zero-order valence-corrected chi connectivity index (χ0v) is 19.7. The minimum atomic E-state index is -3.87. The minimum absolute atomic E-state index is 0.0744. The van der Waals surface area contributed by atoms with E-state index in [9.17, 15) is 8.42 Å². The average Bonchev–Trinajstić information content (AvgIpc) is 2.81. The van der Waals surface area contributed by atoms with E-state index in [0.717, 1.165) is 21.6 Å². The largest absolute Gasteiger partial charge is 0.376 e. The summed E-state index contributed by atoms with van der Waals surface area (Å²) in [6.07, 6.45) is -0.00334. The number of benzene rings is 3. The van der Waals surface area contributed by atoms with Crippen LogP contribution in [0.5, 0.6) is 0 Å². The Kier molecular flexibility index (Phi) is 8.86. The van der Waals surface area contributed by atoms with Crippen molar-refractivity contribution >= 4 is 21.8 Å². The second kappa shape index (κ2) is 11.6. The van der Waals surface area contributed by atoms with Gasteiger partial charge in [-0.3, -0.25) is 0 Å². The molecular formula is C24H27NO5S2. The molecule has 3 rings (SSSR count). The third kappa shape index (κ3) is 6.41. The Morgan fingerprint density at radius 1 is 0.938 bits per heavy atom. The van der Waals surface area contributed by atoms with Gasteiger partial charge in [0.1, 0.15) is 6.79 Å². The van der Waals surface area contributed by atoms with Crippen molar-refractivity contribution < 1.29 is 22.6 Å². The Labute approximate surface area is 193 Å². The molecule has 0 aliphatic heterocycles. The first-order chi connectivity index (χ1) is 15.4. The van der Waals surface area contributed by atoms with Crippen LogP contribution in [-0.4, -0.2) is 35.4 Å². The zero-order chi connectivity index (χ0) is 23.0. The maximum absolute atomic E-state index is 12.1. The zero-order valence-electron chi connectivity index (χ0n) is 18.1. The summed E-state index contributed by atoms with van der Waals surface area (Å²) in [5.74, 6) is 0.421. The molecule has 0 aliphatic rings. The molecule has 1 atom stereocenters. The fourth-order valence-electron chi connectivity index (χ4n) is 3.42. The van der Waals surface area contributed by atoms with Gasteiger partial charge in [0.25, 0.3) is 0 Å². The van der Waals surface area contributed by atoms with Crippen molar-refractivity contribution in [2.24, 2.45) is 5.14 Å². The summed E-state index contributed by atoms with van der Waals surface area (Å²) in [6, 6.07) is 23.0. The summed E-state index contributed by atoms with van der Waals surface area (Å²) in [6.45, 7) is 0.211. The third-order valence-electron chi connectivity index (χ3n) is 4.94. The molecular weight excluding hydrogens is 446 g/mol. The summed E-state index contributed by atoms with van der Waals surface area (Å²) in [5.41, 5.74) is 3.76. The van der Waals surface area contributed by atoms with Crippen molar-refractivity contribution in [1.29, 1.82) is 0 Å². The summed E-state index contributed by atoms with van der Waals surface area (Å²) in [4.78, 5) is 1.10. The highest BCUT2D eigenvalue weighted by Gasteiger charge is 2.22. The molecule has 0 heterocycles. The monoisotopic (exact) mass is 473 g/mol. The molecule has 3 aromatic rings. The molecule has 0 saturated carbocycles. The second-order valence-corrected chi connectivity index (χ2v) is 9.57. The number of hydrogen-bond acceptors (Lipinski definition) is 6. The summed E-state index contributed by atoms with van der Waals surface area (Å²) < 4.78 is 40.3. The van der Waals surface area contributed by atoms with Gasteiger partial charge in [-0.15, -0.1) is 0 Å². The minimum Gasteiger partial charge on any atom is -0.376 e. The highest BCUT2D eigenvalue weighted by molar-refractivity contribution is 7.99. The molecule has 0 radical (unpaired) electrons. The van der Waals surface area contributed by atoms with Crippen LogP contribution in [0.25, 0.3) is 11.1 Å². The summed E-state index contributed by atoms with van der Waals surface area (Å²) in [5, 5.41) is 5.44. The van der Waals surface area contributed by atoms with Gasteiger partial charge in [-0.05, 0) is 28.8 Å². The van der Waals surface area contributed by atoms with Crippen LogP contribution in [0.2, 0.25) is 0 Å². The Morgan fingerprint density at radius 2 is 1.66 bits per heavy atom. The highest BCUT2D eigenvalue weighted by Crippen LogP contribution is 2.34. The van der Waals surface area contributed by atoms with E-state index in [-0.39, 0.29) is 11.7 Å². The van der Waals surface area contributed by atoms with E-state index in [1.54, 1.807) is 44.2 Å². The number of primary sulfonamides is 1. The van der Waals surface area contributed by atoms with Crippen molar-refractivity contribution in [2.75, 3.05) is 27.0 Å². The second-order valence-electron chi connectivity index (χ2n) is 7.07. The molecule has 0 fully saturated rings. The quantitative estimate of drug-likeness (QED) is 0.249. The van der Waals surface area contributed by atoms with Crippen LogP contribution in [0, 0.1) is 0 Å². The first-order valence-electron chi connectivity index (χ1n) is 9.96. The average molecular weight is 474 g/mol. The van der Waals surface area contributed by atoms with Crippen molar-refractivity contribution in [2.45, 2.75) is 22.3 Å². The lowest BCUT2D eigenvalue weighted by Crippen LogP contribution is -2.17. The normalized spacial score (nSPS) is 12.6. The first kappa shape index (κ1) is 24.4. The predicted octanol–water partition coefficient (Wildman–Crippen LogP) is 4.60. The van der Waals surface area contributed by atoms with Crippen LogP contribution in [-0.2, 0) is 30.7 Å². The third-order valence-corrected chi connectivity index (χ3v) is 6.90. The molecule has 0 amide bonds. The van der Waals surface area contributed by atoms with Crippen LogP contribution in [0.1, 0.15) is 17.2 Å². The van der Waals surface area contributed by atoms with Gasteiger partial charge in [0, 0.05) is 31.1 Å². The number of thioether (sulfide) groups is 1. The fraction of sp³-hybridized carbons (Fsp3) is 0.250. The lowest BCUT2D eigenvalue weighted by molar-refractivity contribution is -0.00970. The summed E-state index contributed by atoms with van der Waals surface area (Å²) in [7, 11) is -0.725. The maximum Gasteiger partial charge on any atom is 0.238 e. The number of rotatable bonds is 11. The molecule has 1 unspecified atom stereocenters. The molecule has 32 heavy (non-hydrogen) atoms. The van der Waals surface area contributed by atoms with Gasteiger partial charge in [0.2, 0.25) is 10.0 Å². The van der Waals surface area contributed by atoms with E-state index < -0.39 is 16.1 Å². The molecule has 0 aliphatic carbocycles. The number of nitrogens with two attached hydrogens (primary N) is 1. The molecule has 8 heteroatoms. The van der Waals surface area contributed by atoms with E-state index >= 15 is 0 Å². The van der Waals surface area contributed by atoms with Crippen LogP contribution in [0.15, 0.2) is 82.6 Å². The van der Waals surface area contributed by atoms with Crippen LogP contribution >= 0.6 is 11.8 Å². The van der Waals surface area contributed by atoms with Gasteiger partial charge >= 0.3 is 0 Å². The smallest absolute Gasteiger partial charge is 0.238 e. The summed E-state index contributed by atoms with van der Waals surface area (Å²) >= 11 is 1.55. The standard InChI is InChI=1S/C24H27NO5S2/c1-28-16-30-17-31-23-15-19(18-8-4-3-5-9-18)12-13-20(23)14-22(29-2)21-10-6-7-11-24(21)32(25,26)27/h3-13,15,22H,14,16-17H2,1-2H3,(H2,25,26,27). The van der Waals surface area contributed by atoms with Gasteiger partial charge < -0.3 is 14.2 Å². The Bertz CT molecular complexity index is 1120. The van der Waals surface area contributed by atoms with Crippen LogP contribution in [0.3, 0.4) is 0 Å². The molecule has 2 N–H and O–H groups in total. The highest BCUT2D eigenvalue weighted by atomic mass is 32.2. The lowest BCUT2D eigenvalue weighted by Gasteiger charge is -2.20. The fourth-order valence-corrected chi connectivity index (χ4v) is 5.04.